The van der Waals surface area contributed by atoms with Crippen molar-refractivity contribution < 1.29 is 17.9 Å². The van der Waals surface area contributed by atoms with Crippen LogP contribution in [0.15, 0.2) is 28.7 Å². The van der Waals surface area contributed by atoms with Crippen molar-refractivity contribution in [3.05, 3.63) is 34.3 Å². The Bertz CT molecular complexity index is 547. The van der Waals surface area contributed by atoms with E-state index < -0.39 is 22.3 Å². The molecule has 0 aliphatic rings. The van der Waals surface area contributed by atoms with Crippen LogP contribution in [0.25, 0.3) is 0 Å². The summed E-state index contributed by atoms with van der Waals surface area (Å²) in [4.78, 5) is 11.1. The van der Waals surface area contributed by atoms with Crippen LogP contribution in [0.5, 0.6) is 0 Å². The minimum Gasteiger partial charge on any atom is -0.449 e. The van der Waals surface area contributed by atoms with Crippen molar-refractivity contribution in [3.63, 3.8) is 0 Å². The molecule has 0 spiro atoms. The molecule has 1 aromatic rings. The molecular weight excluding hydrogens is 336 g/mol. The first kappa shape index (κ1) is 15.9. The Balaban J connectivity index is 2.70. The maximum Gasteiger partial charge on any atom is 0.421 e. The molecule has 19 heavy (non-hydrogen) atoms. The lowest BCUT2D eigenvalue weighted by Crippen LogP contribution is -2.41. The van der Waals surface area contributed by atoms with Gasteiger partial charge in [0, 0.05) is 10.5 Å². The molecular formula is C11H15BrN2O4S. The Morgan fingerprint density at radius 3 is 2.74 bits per heavy atom. The lowest BCUT2D eigenvalue weighted by Gasteiger charge is -2.15. The highest BCUT2D eigenvalue weighted by molar-refractivity contribution is 9.10. The highest BCUT2D eigenvalue weighted by Crippen LogP contribution is 2.18. The van der Waals surface area contributed by atoms with Crippen molar-refractivity contribution in [1.82, 2.24) is 9.44 Å². The van der Waals surface area contributed by atoms with E-state index in [1.54, 1.807) is 36.8 Å². The summed E-state index contributed by atoms with van der Waals surface area (Å²) in [5.74, 6) is 0. The zero-order valence-corrected chi connectivity index (χ0v) is 12.9. The molecule has 0 aromatic heterocycles. The molecule has 0 bridgehead atoms. The van der Waals surface area contributed by atoms with Gasteiger partial charge in [-0.3, -0.25) is 0 Å². The van der Waals surface area contributed by atoms with Gasteiger partial charge in [-0.1, -0.05) is 28.1 Å². The smallest absolute Gasteiger partial charge is 0.421 e. The Hall–Kier alpha value is -1.12. The van der Waals surface area contributed by atoms with Crippen LogP contribution in [-0.2, 0) is 14.9 Å². The highest BCUT2D eigenvalue weighted by atomic mass is 79.9. The summed E-state index contributed by atoms with van der Waals surface area (Å²) in [6.07, 6.45) is -1.00. The number of hydrogen-bond acceptors (Lipinski definition) is 4. The fourth-order valence-corrected chi connectivity index (χ4v) is 2.73. The minimum absolute atomic E-state index is 0.0997. The molecule has 1 rings (SSSR count). The summed E-state index contributed by atoms with van der Waals surface area (Å²) >= 11 is 3.30. The summed E-state index contributed by atoms with van der Waals surface area (Å²) in [7, 11) is -3.95. The lowest BCUT2D eigenvalue weighted by atomic mass is 10.1. The number of halogens is 1. The zero-order valence-electron chi connectivity index (χ0n) is 10.5. The van der Waals surface area contributed by atoms with Crippen LogP contribution in [-0.4, -0.2) is 21.1 Å². The molecule has 106 valence electrons. The van der Waals surface area contributed by atoms with E-state index in [1.807, 2.05) is 6.07 Å². The fourth-order valence-electron chi connectivity index (χ4n) is 1.38. The first-order chi connectivity index (χ1) is 8.84. The largest absolute Gasteiger partial charge is 0.449 e. The van der Waals surface area contributed by atoms with E-state index in [-0.39, 0.29) is 6.61 Å². The normalized spacial score (nSPS) is 12.8. The molecule has 0 fully saturated rings. The summed E-state index contributed by atoms with van der Waals surface area (Å²) in [6, 6.07) is 6.72. The van der Waals surface area contributed by atoms with Crippen LogP contribution >= 0.6 is 15.9 Å². The summed E-state index contributed by atoms with van der Waals surface area (Å²) in [5, 5.41) is 0. The predicted molar refractivity (Wildman–Crippen MR) is 74.8 cm³/mol. The Labute approximate surface area is 120 Å². The average Bonchev–Trinajstić information content (AvgIpc) is 2.27. The SMILES string of the molecule is CCOC(=O)NS(=O)(=O)NC(C)c1cccc(Br)c1. The molecule has 1 aromatic carbocycles. The number of ether oxygens (including phenoxy) is 1. The maximum atomic E-state index is 11.6. The second-order valence-electron chi connectivity index (χ2n) is 3.72. The summed E-state index contributed by atoms with van der Waals surface area (Å²) in [5.41, 5.74) is 0.767. The first-order valence-corrected chi connectivity index (χ1v) is 7.84. The third-order valence-corrected chi connectivity index (χ3v) is 3.77. The van der Waals surface area contributed by atoms with Gasteiger partial charge in [0.05, 0.1) is 6.61 Å². The molecule has 8 heteroatoms. The molecule has 2 N–H and O–H groups in total. The standard InChI is InChI=1S/C11H15BrN2O4S/c1-3-18-11(15)14-19(16,17)13-8(2)9-5-4-6-10(12)7-9/h4-8,13H,3H2,1-2H3,(H,14,15). The van der Waals surface area contributed by atoms with Crippen molar-refractivity contribution in [2.75, 3.05) is 6.61 Å². The third kappa shape index (κ3) is 5.58. The third-order valence-electron chi connectivity index (χ3n) is 2.17. The van der Waals surface area contributed by atoms with Crippen molar-refractivity contribution in [1.29, 1.82) is 0 Å². The van der Waals surface area contributed by atoms with E-state index in [2.05, 4.69) is 25.4 Å². The van der Waals surface area contributed by atoms with Gasteiger partial charge in [0.15, 0.2) is 0 Å². The highest BCUT2D eigenvalue weighted by Gasteiger charge is 2.18. The monoisotopic (exact) mass is 350 g/mol. The number of amides is 1. The number of rotatable bonds is 5. The van der Waals surface area contributed by atoms with Gasteiger partial charge < -0.3 is 4.74 Å². The molecule has 0 radical (unpaired) electrons. The molecule has 0 heterocycles. The Kier molecular flexibility index (Phi) is 5.77. The first-order valence-electron chi connectivity index (χ1n) is 5.56. The van der Waals surface area contributed by atoms with Gasteiger partial charge in [0.2, 0.25) is 0 Å². The van der Waals surface area contributed by atoms with E-state index in [1.165, 1.54) is 0 Å². The van der Waals surface area contributed by atoms with E-state index in [4.69, 9.17) is 0 Å². The van der Waals surface area contributed by atoms with Crippen LogP contribution in [0, 0.1) is 0 Å². The Morgan fingerprint density at radius 1 is 1.47 bits per heavy atom. The quantitative estimate of drug-likeness (QED) is 0.851. The van der Waals surface area contributed by atoms with Crippen LogP contribution in [0.3, 0.4) is 0 Å². The topological polar surface area (TPSA) is 84.5 Å². The minimum atomic E-state index is -3.95. The van der Waals surface area contributed by atoms with Crippen molar-refractivity contribution in [3.8, 4) is 0 Å². The molecule has 0 aliphatic heterocycles. The van der Waals surface area contributed by atoms with Gasteiger partial charge in [0.1, 0.15) is 0 Å². The van der Waals surface area contributed by atoms with Crippen LogP contribution in [0.1, 0.15) is 25.5 Å². The zero-order chi connectivity index (χ0) is 14.5. The van der Waals surface area contributed by atoms with Gasteiger partial charge in [0.25, 0.3) is 0 Å². The molecule has 1 unspecified atom stereocenters. The van der Waals surface area contributed by atoms with Gasteiger partial charge in [-0.2, -0.15) is 13.1 Å². The number of nitrogens with one attached hydrogen (secondary N) is 2. The Morgan fingerprint density at radius 2 is 2.16 bits per heavy atom. The van der Waals surface area contributed by atoms with Crippen molar-refractivity contribution >= 4 is 32.2 Å². The number of hydrogen-bond donors (Lipinski definition) is 2. The molecule has 0 saturated heterocycles. The average molecular weight is 351 g/mol. The van der Waals surface area contributed by atoms with Crippen LogP contribution in [0.4, 0.5) is 4.79 Å². The van der Waals surface area contributed by atoms with Gasteiger partial charge in [-0.15, -0.1) is 0 Å². The second-order valence-corrected chi connectivity index (χ2v) is 6.08. The number of carbonyl (C=O) groups excluding carboxylic acids is 1. The molecule has 1 atom stereocenters. The second kappa shape index (κ2) is 6.88. The van der Waals surface area contributed by atoms with E-state index in [9.17, 15) is 13.2 Å². The van der Waals surface area contributed by atoms with Crippen molar-refractivity contribution in [2.24, 2.45) is 0 Å². The fraction of sp³-hybridized carbons (Fsp3) is 0.364. The molecule has 6 nitrogen and oxygen atoms in total. The van der Waals surface area contributed by atoms with Gasteiger partial charge in [-0.05, 0) is 31.5 Å². The lowest BCUT2D eigenvalue weighted by molar-refractivity contribution is 0.158. The predicted octanol–water partition coefficient (Wildman–Crippen LogP) is 2.09. The van der Waals surface area contributed by atoms with Crippen LogP contribution in [0.2, 0.25) is 0 Å². The summed E-state index contributed by atoms with van der Waals surface area (Å²) in [6.45, 7) is 3.36. The van der Waals surface area contributed by atoms with Crippen molar-refractivity contribution in [2.45, 2.75) is 19.9 Å². The molecule has 1 amide bonds. The van der Waals surface area contributed by atoms with Gasteiger partial charge >= 0.3 is 16.3 Å². The number of benzene rings is 1. The molecule has 0 saturated carbocycles. The molecule has 0 aliphatic carbocycles. The van der Waals surface area contributed by atoms with E-state index >= 15 is 0 Å². The maximum absolute atomic E-state index is 11.6. The van der Waals surface area contributed by atoms with Crippen LogP contribution < -0.4 is 9.44 Å². The number of carbonyl (C=O) groups is 1. The van der Waals surface area contributed by atoms with Gasteiger partial charge in [-0.25, -0.2) is 9.52 Å². The van der Waals surface area contributed by atoms with E-state index in [0.29, 0.717) is 0 Å². The summed E-state index contributed by atoms with van der Waals surface area (Å²) < 4.78 is 32.7. The van der Waals surface area contributed by atoms with E-state index in [0.717, 1.165) is 10.0 Å².